The van der Waals surface area contributed by atoms with Crippen LogP contribution in [0.5, 0.6) is 0 Å². The highest BCUT2D eigenvalue weighted by atomic mass is 79.9. The molecular formula is C12H15BrCl2O2S2. The first-order chi connectivity index (χ1) is 8.92. The molecule has 19 heavy (non-hydrogen) atoms. The fraction of sp³-hybridized carbons (Fsp3) is 0.667. The van der Waals surface area contributed by atoms with Gasteiger partial charge < -0.3 is 0 Å². The quantitative estimate of drug-likeness (QED) is 0.695. The first kappa shape index (κ1) is 16.1. The van der Waals surface area contributed by atoms with Crippen LogP contribution in [0.4, 0.5) is 0 Å². The van der Waals surface area contributed by atoms with Crippen LogP contribution in [0.1, 0.15) is 11.3 Å². The summed E-state index contributed by atoms with van der Waals surface area (Å²) in [5.41, 5.74) is -0.333. The van der Waals surface area contributed by atoms with Crippen LogP contribution in [0.2, 0.25) is 0 Å². The number of halogens is 3. The van der Waals surface area contributed by atoms with E-state index in [0.717, 1.165) is 10.9 Å². The van der Waals surface area contributed by atoms with Crippen LogP contribution in [0.25, 0.3) is 0 Å². The van der Waals surface area contributed by atoms with Crippen molar-refractivity contribution in [3.8, 4) is 0 Å². The molecule has 1 aliphatic rings. The SMILES string of the molecule is O=S1(=O)CCC(C(CCl)(CCl)Cc2sccc2Br)C1. The van der Waals surface area contributed by atoms with E-state index in [0.29, 0.717) is 18.2 Å². The van der Waals surface area contributed by atoms with Gasteiger partial charge in [0.1, 0.15) is 0 Å². The molecule has 0 spiro atoms. The first-order valence-corrected chi connectivity index (χ1v) is 10.5. The Morgan fingerprint density at radius 3 is 2.53 bits per heavy atom. The Morgan fingerprint density at radius 1 is 1.42 bits per heavy atom. The number of alkyl halides is 2. The second-order valence-electron chi connectivity index (χ2n) is 5.10. The molecule has 1 aromatic rings. The second kappa shape index (κ2) is 6.22. The van der Waals surface area contributed by atoms with E-state index < -0.39 is 9.84 Å². The molecule has 1 unspecified atom stereocenters. The van der Waals surface area contributed by atoms with Gasteiger partial charge in [-0.1, -0.05) is 0 Å². The Hall–Kier alpha value is 0.710. The summed E-state index contributed by atoms with van der Waals surface area (Å²) in [6.07, 6.45) is 1.41. The second-order valence-corrected chi connectivity index (χ2v) is 9.72. The molecule has 2 nitrogen and oxygen atoms in total. The first-order valence-electron chi connectivity index (χ1n) is 5.97. The molecule has 0 N–H and O–H groups in total. The molecule has 1 fully saturated rings. The van der Waals surface area contributed by atoms with Gasteiger partial charge in [-0.2, -0.15) is 0 Å². The van der Waals surface area contributed by atoms with E-state index in [9.17, 15) is 8.42 Å². The Morgan fingerprint density at radius 2 is 2.11 bits per heavy atom. The summed E-state index contributed by atoms with van der Waals surface area (Å²) in [5.74, 6) is 1.32. The van der Waals surface area contributed by atoms with Crippen molar-refractivity contribution in [1.29, 1.82) is 0 Å². The van der Waals surface area contributed by atoms with Crippen molar-refractivity contribution in [2.75, 3.05) is 23.3 Å². The molecule has 1 saturated heterocycles. The Bertz CT molecular complexity index is 538. The molecule has 0 radical (unpaired) electrons. The van der Waals surface area contributed by atoms with Crippen LogP contribution in [-0.4, -0.2) is 31.7 Å². The van der Waals surface area contributed by atoms with Gasteiger partial charge in [-0.25, -0.2) is 8.42 Å². The van der Waals surface area contributed by atoms with E-state index in [1.807, 2.05) is 11.4 Å². The normalized spacial score (nSPS) is 22.8. The minimum atomic E-state index is -2.91. The lowest BCUT2D eigenvalue weighted by molar-refractivity contribution is 0.246. The molecule has 0 aromatic carbocycles. The molecule has 0 saturated carbocycles. The van der Waals surface area contributed by atoms with Crippen LogP contribution in [-0.2, 0) is 16.3 Å². The molecule has 0 bridgehead atoms. The van der Waals surface area contributed by atoms with Gasteiger partial charge in [-0.05, 0) is 46.1 Å². The van der Waals surface area contributed by atoms with Crippen molar-refractivity contribution in [2.45, 2.75) is 12.8 Å². The number of hydrogen-bond acceptors (Lipinski definition) is 3. The molecule has 1 atom stereocenters. The Balaban J connectivity index is 2.25. The highest BCUT2D eigenvalue weighted by Gasteiger charge is 2.44. The average Bonchev–Trinajstić information content (AvgIpc) is 2.93. The third kappa shape index (κ3) is 3.49. The van der Waals surface area contributed by atoms with Crippen molar-refractivity contribution in [2.24, 2.45) is 11.3 Å². The average molecular weight is 406 g/mol. The molecule has 108 valence electrons. The predicted molar refractivity (Wildman–Crippen MR) is 86.4 cm³/mol. The highest BCUT2D eigenvalue weighted by molar-refractivity contribution is 9.10. The number of rotatable bonds is 5. The van der Waals surface area contributed by atoms with E-state index in [-0.39, 0.29) is 22.8 Å². The maximum Gasteiger partial charge on any atom is 0.150 e. The summed E-state index contributed by atoms with van der Waals surface area (Å²) in [6.45, 7) is 0. The standard InChI is InChI=1S/C12H15BrCl2O2S2/c13-10-1-3-18-11(10)5-12(7-14,8-15)9-2-4-19(16,17)6-9/h1,3,9H,2,4-8H2. The monoisotopic (exact) mass is 404 g/mol. The van der Waals surface area contributed by atoms with Gasteiger partial charge in [-0.15, -0.1) is 34.5 Å². The van der Waals surface area contributed by atoms with Crippen LogP contribution in [0.3, 0.4) is 0 Å². The molecule has 0 amide bonds. The lowest BCUT2D eigenvalue weighted by Gasteiger charge is -2.35. The van der Waals surface area contributed by atoms with E-state index in [4.69, 9.17) is 23.2 Å². The van der Waals surface area contributed by atoms with Crippen molar-refractivity contribution in [1.82, 2.24) is 0 Å². The van der Waals surface area contributed by atoms with Gasteiger partial charge in [0.2, 0.25) is 0 Å². The van der Waals surface area contributed by atoms with Crippen LogP contribution in [0, 0.1) is 11.3 Å². The van der Waals surface area contributed by atoms with Gasteiger partial charge in [0, 0.05) is 26.5 Å². The highest BCUT2D eigenvalue weighted by Crippen LogP contribution is 2.43. The van der Waals surface area contributed by atoms with Crippen molar-refractivity contribution >= 4 is 60.3 Å². The summed E-state index contributed by atoms with van der Waals surface area (Å²) in [6, 6.07) is 2.00. The van der Waals surface area contributed by atoms with Crippen LogP contribution >= 0.6 is 50.5 Å². The minimum absolute atomic E-state index is 0.0569. The predicted octanol–water partition coefficient (Wildman–Crippen LogP) is 3.95. The largest absolute Gasteiger partial charge is 0.229 e. The fourth-order valence-electron chi connectivity index (χ4n) is 2.54. The summed E-state index contributed by atoms with van der Waals surface area (Å²) < 4.78 is 24.4. The van der Waals surface area contributed by atoms with Gasteiger partial charge >= 0.3 is 0 Å². The third-order valence-corrected chi connectivity index (χ3v) is 8.59. The number of sulfone groups is 1. The van der Waals surface area contributed by atoms with E-state index in [2.05, 4.69) is 15.9 Å². The van der Waals surface area contributed by atoms with Gasteiger partial charge in [0.05, 0.1) is 11.5 Å². The zero-order valence-electron chi connectivity index (χ0n) is 10.2. The van der Waals surface area contributed by atoms with Gasteiger partial charge in [-0.3, -0.25) is 0 Å². The van der Waals surface area contributed by atoms with E-state index in [1.54, 1.807) is 11.3 Å². The van der Waals surface area contributed by atoms with Gasteiger partial charge in [0.25, 0.3) is 0 Å². The Labute approximate surface area is 136 Å². The number of thiophene rings is 1. The molecule has 2 rings (SSSR count). The lowest BCUT2D eigenvalue weighted by Crippen LogP contribution is -2.37. The molecule has 1 aromatic heterocycles. The third-order valence-electron chi connectivity index (χ3n) is 3.83. The molecule has 2 heterocycles. The Kier molecular flexibility index (Phi) is 5.27. The summed E-state index contributed by atoms with van der Waals surface area (Å²) in [4.78, 5) is 1.19. The fourth-order valence-corrected chi connectivity index (χ4v) is 7.04. The van der Waals surface area contributed by atoms with Gasteiger partial charge in [0.15, 0.2) is 9.84 Å². The zero-order valence-corrected chi connectivity index (χ0v) is 15.0. The van der Waals surface area contributed by atoms with Crippen LogP contribution < -0.4 is 0 Å². The summed E-state index contributed by atoms with van der Waals surface area (Å²) in [7, 11) is -2.91. The topological polar surface area (TPSA) is 34.1 Å². The smallest absolute Gasteiger partial charge is 0.150 e. The van der Waals surface area contributed by atoms with E-state index in [1.165, 1.54) is 4.88 Å². The summed E-state index contributed by atoms with van der Waals surface area (Å²) in [5, 5.41) is 2.01. The minimum Gasteiger partial charge on any atom is -0.229 e. The number of hydrogen-bond donors (Lipinski definition) is 0. The molecule has 1 aliphatic heterocycles. The van der Waals surface area contributed by atoms with E-state index >= 15 is 0 Å². The lowest BCUT2D eigenvalue weighted by atomic mass is 9.75. The van der Waals surface area contributed by atoms with Crippen molar-refractivity contribution in [3.63, 3.8) is 0 Å². The van der Waals surface area contributed by atoms with Crippen molar-refractivity contribution < 1.29 is 8.42 Å². The molecule has 0 aliphatic carbocycles. The zero-order chi connectivity index (χ0) is 14.1. The maximum absolute atomic E-state index is 11.7. The molecular weight excluding hydrogens is 391 g/mol. The van der Waals surface area contributed by atoms with Crippen LogP contribution in [0.15, 0.2) is 15.9 Å². The van der Waals surface area contributed by atoms with Crippen molar-refractivity contribution in [3.05, 3.63) is 20.8 Å². The molecule has 7 heteroatoms. The maximum atomic E-state index is 11.7. The summed E-state index contributed by atoms with van der Waals surface area (Å²) >= 11 is 17.5.